The number of hydrogen-bond donors (Lipinski definition) is 1. The van der Waals surface area contributed by atoms with Crippen molar-refractivity contribution in [3.05, 3.63) is 28.4 Å². The Morgan fingerprint density at radius 3 is 2.92 bits per heavy atom. The number of carbonyl (C=O) groups is 1. The van der Waals surface area contributed by atoms with Gasteiger partial charge in [-0.15, -0.1) is 0 Å². The van der Waals surface area contributed by atoms with Crippen LogP contribution in [-0.2, 0) is 0 Å². The molecule has 66 valence electrons. The van der Waals surface area contributed by atoms with Crippen LogP contribution in [0.2, 0.25) is 0 Å². The second-order valence-electron chi connectivity index (χ2n) is 2.58. The van der Waals surface area contributed by atoms with Gasteiger partial charge in [0, 0.05) is 5.39 Å². The third kappa shape index (κ3) is 1.23. The van der Waals surface area contributed by atoms with Gasteiger partial charge < -0.3 is 9.52 Å². The van der Waals surface area contributed by atoms with E-state index < -0.39 is 0 Å². The summed E-state index contributed by atoms with van der Waals surface area (Å²) in [6.07, 6.45) is 0.628. The van der Waals surface area contributed by atoms with E-state index in [4.69, 9.17) is 4.42 Å². The van der Waals surface area contributed by atoms with Crippen molar-refractivity contribution in [1.82, 2.24) is 0 Å². The molecule has 4 heteroatoms. The van der Waals surface area contributed by atoms with E-state index in [2.05, 4.69) is 15.9 Å². The highest BCUT2D eigenvalue weighted by Gasteiger charge is 2.08. The minimum atomic E-state index is 0.130. The zero-order chi connectivity index (χ0) is 9.42. The molecular formula is C9H5BrO3. The summed E-state index contributed by atoms with van der Waals surface area (Å²) in [5.74, 6) is 0.382. The molecule has 0 radical (unpaired) electrons. The molecule has 0 aliphatic heterocycles. The van der Waals surface area contributed by atoms with E-state index in [1.807, 2.05) is 0 Å². The number of aromatic hydroxyl groups is 1. The van der Waals surface area contributed by atoms with Crippen LogP contribution < -0.4 is 0 Å². The molecule has 3 nitrogen and oxygen atoms in total. The van der Waals surface area contributed by atoms with Gasteiger partial charge in [-0.1, -0.05) is 0 Å². The van der Waals surface area contributed by atoms with Crippen molar-refractivity contribution in [2.75, 3.05) is 0 Å². The van der Waals surface area contributed by atoms with Crippen LogP contribution in [0.15, 0.2) is 27.1 Å². The highest BCUT2D eigenvalue weighted by molar-refractivity contribution is 9.10. The van der Waals surface area contributed by atoms with E-state index in [9.17, 15) is 9.90 Å². The van der Waals surface area contributed by atoms with E-state index in [-0.39, 0.29) is 11.5 Å². The maximum atomic E-state index is 10.4. The highest BCUT2D eigenvalue weighted by atomic mass is 79.9. The number of aldehydes is 1. The lowest BCUT2D eigenvalue weighted by Crippen LogP contribution is -1.69. The van der Waals surface area contributed by atoms with E-state index in [0.29, 0.717) is 21.7 Å². The Bertz CT molecular complexity index is 473. The molecule has 0 atom stereocenters. The maximum absolute atomic E-state index is 10.4. The van der Waals surface area contributed by atoms with Crippen molar-refractivity contribution in [2.45, 2.75) is 0 Å². The van der Waals surface area contributed by atoms with Gasteiger partial charge in [-0.2, -0.15) is 0 Å². The molecule has 1 heterocycles. The van der Waals surface area contributed by atoms with Crippen LogP contribution in [0.4, 0.5) is 0 Å². The quantitative estimate of drug-likeness (QED) is 0.781. The number of phenols is 1. The Labute approximate surface area is 82.1 Å². The van der Waals surface area contributed by atoms with Crippen LogP contribution in [0.5, 0.6) is 5.75 Å². The standard InChI is InChI=1S/C9H5BrO3/c10-9-6-3-5(4-11)13-8(6)2-1-7(9)12/h1-4,12H. The summed E-state index contributed by atoms with van der Waals surface area (Å²) in [6.45, 7) is 0. The number of benzene rings is 1. The average Bonchev–Trinajstić information content (AvgIpc) is 2.55. The molecule has 0 amide bonds. The average molecular weight is 241 g/mol. The Hall–Kier alpha value is -1.29. The molecule has 0 aliphatic carbocycles. The van der Waals surface area contributed by atoms with Crippen LogP contribution in [0.3, 0.4) is 0 Å². The lowest BCUT2D eigenvalue weighted by molar-refractivity contribution is 0.110. The lowest BCUT2D eigenvalue weighted by Gasteiger charge is -1.95. The first-order chi connectivity index (χ1) is 6.22. The van der Waals surface area contributed by atoms with Gasteiger partial charge in [-0.3, -0.25) is 4.79 Å². The Morgan fingerprint density at radius 1 is 1.46 bits per heavy atom. The molecule has 0 unspecified atom stereocenters. The first kappa shape index (κ1) is 8.31. The van der Waals surface area contributed by atoms with E-state index in [1.54, 1.807) is 12.1 Å². The molecule has 0 saturated heterocycles. The van der Waals surface area contributed by atoms with Crippen molar-refractivity contribution >= 4 is 33.2 Å². The second-order valence-corrected chi connectivity index (χ2v) is 3.37. The Morgan fingerprint density at radius 2 is 2.23 bits per heavy atom. The van der Waals surface area contributed by atoms with Crippen LogP contribution >= 0.6 is 15.9 Å². The van der Waals surface area contributed by atoms with E-state index in [1.165, 1.54) is 6.07 Å². The molecule has 1 N–H and O–H groups in total. The van der Waals surface area contributed by atoms with Gasteiger partial charge in [-0.05, 0) is 34.1 Å². The predicted molar refractivity (Wildman–Crippen MR) is 51.0 cm³/mol. The molecule has 0 bridgehead atoms. The zero-order valence-electron chi connectivity index (χ0n) is 6.45. The predicted octanol–water partition coefficient (Wildman–Crippen LogP) is 2.71. The van der Waals surface area contributed by atoms with Gasteiger partial charge in [0.2, 0.25) is 0 Å². The van der Waals surface area contributed by atoms with Crippen LogP contribution in [0, 0.1) is 0 Å². The van der Waals surface area contributed by atoms with Crippen molar-refractivity contribution in [1.29, 1.82) is 0 Å². The number of phenolic OH excluding ortho intramolecular Hbond substituents is 1. The second kappa shape index (κ2) is 2.88. The maximum Gasteiger partial charge on any atom is 0.185 e. The van der Waals surface area contributed by atoms with Gasteiger partial charge >= 0.3 is 0 Å². The topological polar surface area (TPSA) is 50.4 Å². The minimum absolute atomic E-state index is 0.130. The molecule has 0 aliphatic rings. The molecule has 0 saturated carbocycles. The SMILES string of the molecule is O=Cc1cc2c(Br)c(O)ccc2o1. The number of halogens is 1. The number of fused-ring (bicyclic) bond motifs is 1. The normalized spacial score (nSPS) is 10.5. The highest BCUT2D eigenvalue weighted by Crippen LogP contribution is 2.33. The van der Waals surface area contributed by atoms with Gasteiger partial charge in [0.25, 0.3) is 0 Å². The van der Waals surface area contributed by atoms with Gasteiger partial charge in [-0.25, -0.2) is 0 Å². The first-order valence-corrected chi connectivity index (χ1v) is 4.38. The van der Waals surface area contributed by atoms with Crippen LogP contribution in [-0.4, -0.2) is 11.4 Å². The molecule has 2 aromatic rings. The molecule has 13 heavy (non-hydrogen) atoms. The molecule has 0 fully saturated rings. The first-order valence-electron chi connectivity index (χ1n) is 3.58. The van der Waals surface area contributed by atoms with Crippen molar-refractivity contribution < 1.29 is 14.3 Å². The number of furan rings is 1. The Balaban J connectivity index is 2.83. The smallest absolute Gasteiger partial charge is 0.185 e. The molecule has 2 rings (SSSR count). The zero-order valence-corrected chi connectivity index (χ0v) is 8.04. The van der Waals surface area contributed by atoms with Gasteiger partial charge in [0.05, 0.1) is 4.47 Å². The van der Waals surface area contributed by atoms with Crippen molar-refractivity contribution in [3.8, 4) is 5.75 Å². The fourth-order valence-corrected chi connectivity index (χ4v) is 1.59. The van der Waals surface area contributed by atoms with E-state index >= 15 is 0 Å². The Kier molecular flexibility index (Phi) is 1.84. The molecular weight excluding hydrogens is 236 g/mol. The van der Waals surface area contributed by atoms with Crippen LogP contribution in [0.1, 0.15) is 10.6 Å². The third-order valence-corrected chi connectivity index (χ3v) is 2.58. The fraction of sp³-hybridized carbons (Fsp3) is 0. The summed E-state index contributed by atoms with van der Waals surface area (Å²) in [4.78, 5) is 10.4. The number of carbonyl (C=O) groups excluding carboxylic acids is 1. The minimum Gasteiger partial charge on any atom is -0.507 e. The summed E-state index contributed by atoms with van der Waals surface area (Å²) >= 11 is 3.20. The van der Waals surface area contributed by atoms with E-state index in [0.717, 1.165) is 0 Å². The molecule has 1 aromatic heterocycles. The van der Waals surface area contributed by atoms with Crippen molar-refractivity contribution in [3.63, 3.8) is 0 Å². The molecule has 0 spiro atoms. The van der Waals surface area contributed by atoms with Gasteiger partial charge in [0.1, 0.15) is 11.3 Å². The summed E-state index contributed by atoms with van der Waals surface area (Å²) in [5.41, 5.74) is 0.576. The fourth-order valence-electron chi connectivity index (χ4n) is 1.14. The summed E-state index contributed by atoms with van der Waals surface area (Å²) in [7, 11) is 0. The largest absolute Gasteiger partial charge is 0.507 e. The number of hydrogen-bond acceptors (Lipinski definition) is 3. The molecule has 1 aromatic carbocycles. The van der Waals surface area contributed by atoms with Crippen molar-refractivity contribution in [2.24, 2.45) is 0 Å². The summed E-state index contributed by atoms with van der Waals surface area (Å²) in [6, 6.07) is 4.69. The summed E-state index contributed by atoms with van der Waals surface area (Å²) in [5, 5.41) is 10.0. The summed E-state index contributed by atoms with van der Waals surface area (Å²) < 4.78 is 5.69. The lowest BCUT2D eigenvalue weighted by atomic mass is 10.2. The van der Waals surface area contributed by atoms with Crippen LogP contribution in [0.25, 0.3) is 11.0 Å². The monoisotopic (exact) mass is 240 g/mol. The van der Waals surface area contributed by atoms with Gasteiger partial charge in [0.15, 0.2) is 12.0 Å². The third-order valence-electron chi connectivity index (χ3n) is 1.75. The number of rotatable bonds is 1.